The Morgan fingerprint density at radius 2 is 1.47 bits per heavy atom. The Hall–Kier alpha value is -3.02. The van der Waals surface area contributed by atoms with Crippen molar-refractivity contribution in [2.45, 2.75) is 19.6 Å². The van der Waals surface area contributed by atoms with Crippen LogP contribution in [-0.2, 0) is 19.6 Å². The number of halogens is 1. The summed E-state index contributed by atoms with van der Waals surface area (Å²) in [5.41, 5.74) is 4.49. The zero-order chi connectivity index (χ0) is 22.2. The van der Waals surface area contributed by atoms with Gasteiger partial charge in [0.2, 0.25) is 0 Å². The Morgan fingerprint density at radius 1 is 0.875 bits per heavy atom. The van der Waals surface area contributed by atoms with Gasteiger partial charge in [0.05, 0.1) is 18.9 Å². The summed E-state index contributed by atoms with van der Waals surface area (Å²) in [5, 5.41) is 6.20. The van der Waals surface area contributed by atoms with E-state index in [1.807, 2.05) is 53.5 Å². The molecule has 0 aliphatic carbocycles. The highest BCUT2D eigenvalue weighted by atomic mass is 35.5. The van der Waals surface area contributed by atoms with Crippen molar-refractivity contribution in [3.8, 4) is 0 Å². The van der Waals surface area contributed by atoms with Crippen molar-refractivity contribution in [3.05, 3.63) is 119 Å². The predicted octanol–water partition coefficient (Wildman–Crippen LogP) is 6.64. The van der Waals surface area contributed by atoms with E-state index in [9.17, 15) is 0 Å². The van der Waals surface area contributed by atoms with E-state index in [-0.39, 0.29) is 0 Å². The molecule has 0 aliphatic rings. The lowest BCUT2D eigenvalue weighted by Crippen LogP contribution is -2.27. The average molecular weight is 461 g/mol. The lowest BCUT2D eigenvalue weighted by Gasteiger charge is -2.25. The van der Waals surface area contributed by atoms with Crippen molar-refractivity contribution in [1.29, 1.82) is 0 Å². The maximum absolute atomic E-state index is 5.99. The van der Waals surface area contributed by atoms with Crippen LogP contribution in [0, 0.1) is 0 Å². The highest BCUT2D eigenvalue weighted by Gasteiger charge is 2.13. The first-order valence-corrected chi connectivity index (χ1v) is 12.0. The van der Waals surface area contributed by atoms with Gasteiger partial charge in [0.25, 0.3) is 0 Å². The fourth-order valence-corrected chi connectivity index (χ4v) is 4.14. The summed E-state index contributed by atoms with van der Waals surface area (Å²) in [5.74, 6) is 0. The zero-order valence-corrected chi connectivity index (χ0v) is 19.5. The van der Waals surface area contributed by atoms with Crippen molar-refractivity contribution in [1.82, 2.24) is 14.7 Å². The number of hydrogen-bond acceptors (Lipinski definition) is 3. The van der Waals surface area contributed by atoms with Crippen LogP contribution in [0.3, 0.4) is 0 Å². The molecule has 0 saturated carbocycles. The molecule has 0 aliphatic heterocycles. The summed E-state index contributed by atoms with van der Waals surface area (Å²) >= 11 is 7.64. The molecule has 0 N–H and O–H groups in total. The van der Waals surface area contributed by atoms with Crippen LogP contribution in [0.25, 0.3) is 0 Å². The molecule has 0 atom stereocenters. The largest absolute Gasteiger partial charge is 0.343 e. The average Bonchev–Trinajstić information content (AvgIpc) is 3.27. The molecule has 0 bridgehead atoms. The Kier molecular flexibility index (Phi) is 7.64. The second-order valence-corrected chi connectivity index (χ2v) is 8.66. The topological polar surface area (TPSA) is 33.4 Å². The molecule has 1 aromatic heterocycles. The first kappa shape index (κ1) is 22.2. The first-order chi connectivity index (χ1) is 15.7. The summed E-state index contributed by atoms with van der Waals surface area (Å²) in [6.07, 6.45) is 5.86. The van der Waals surface area contributed by atoms with Crippen LogP contribution in [0.2, 0.25) is 5.02 Å². The van der Waals surface area contributed by atoms with Crippen LogP contribution in [0.15, 0.2) is 102 Å². The number of thioether (sulfide) groups is 1. The molecule has 32 heavy (non-hydrogen) atoms. The number of benzene rings is 3. The number of rotatable bonds is 7. The summed E-state index contributed by atoms with van der Waals surface area (Å²) in [6, 6.07) is 28.8. The van der Waals surface area contributed by atoms with Crippen LogP contribution < -0.4 is 0 Å². The van der Waals surface area contributed by atoms with Crippen LogP contribution >= 0.6 is 23.4 Å². The molecule has 0 spiro atoms. The zero-order valence-electron chi connectivity index (χ0n) is 17.9. The van der Waals surface area contributed by atoms with Gasteiger partial charge >= 0.3 is 0 Å². The van der Waals surface area contributed by atoms with Gasteiger partial charge in [0.1, 0.15) is 5.69 Å². The monoisotopic (exact) mass is 460 g/mol. The SMILES string of the molecule is CSC(=Nc1cnn(Cc2ccc(Cl)cc2)c1)N(Cc1ccccc1)Cc1ccccc1. The van der Waals surface area contributed by atoms with Crippen molar-refractivity contribution in [3.63, 3.8) is 0 Å². The van der Waals surface area contributed by atoms with Gasteiger partial charge in [-0.15, -0.1) is 0 Å². The second-order valence-electron chi connectivity index (χ2n) is 7.45. The van der Waals surface area contributed by atoms with Gasteiger partial charge in [0, 0.05) is 18.1 Å². The maximum Gasteiger partial charge on any atom is 0.164 e. The van der Waals surface area contributed by atoms with E-state index in [2.05, 4.69) is 64.8 Å². The molecule has 0 fully saturated rings. The van der Waals surface area contributed by atoms with Gasteiger partial charge < -0.3 is 4.90 Å². The molecule has 162 valence electrons. The molecule has 4 rings (SSSR count). The highest BCUT2D eigenvalue weighted by Crippen LogP contribution is 2.20. The fourth-order valence-electron chi connectivity index (χ4n) is 3.43. The van der Waals surface area contributed by atoms with E-state index in [0.717, 1.165) is 34.5 Å². The second kappa shape index (κ2) is 11.0. The Bertz CT molecular complexity index is 1100. The molecule has 6 heteroatoms. The minimum Gasteiger partial charge on any atom is -0.343 e. The normalized spacial score (nSPS) is 11.5. The molecule has 0 unspecified atom stereocenters. The third-order valence-electron chi connectivity index (χ3n) is 4.99. The van der Waals surface area contributed by atoms with Gasteiger partial charge in [-0.25, -0.2) is 4.99 Å². The van der Waals surface area contributed by atoms with E-state index in [0.29, 0.717) is 6.54 Å². The van der Waals surface area contributed by atoms with Crippen molar-refractivity contribution in [2.75, 3.05) is 6.26 Å². The number of amidine groups is 1. The van der Waals surface area contributed by atoms with E-state index in [1.165, 1.54) is 11.1 Å². The van der Waals surface area contributed by atoms with Crippen LogP contribution in [0.1, 0.15) is 16.7 Å². The molecule has 4 nitrogen and oxygen atoms in total. The fraction of sp³-hybridized carbons (Fsp3) is 0.154. The molecule has 0 amide bonds. The quantitative estimate of drug-likeness (QED) is 0.229. The number of aromatic nitrogens is 2. The summed E-state index contributed by atoms with van der Waals surface area (Å²) in [6.45, 7) is 2.25. The highest BCUT2D eigenvalue weighted by molar-refractivity contribution is 8.13. The minimum absolute atomic E-state index is 0.680. The minimum atomic E-state index is 0.680. The molecule has 0 radical (unpaired) electrons. The third kappa shape index (κ3) is 6.25. The van der Waals surface area contributed by atoms with Crippen molar-refractivity contribution in [2.24, 2.45) is 4.99 Å². The van der Waals surface area contributed by atoms with E-state index in [4.69, 9.17) is 16.6 Å². The summed E-state index contributed by atoms with van der Waals surface area (Å²) in [4.78, 5) is 7.26. The molecule has 0 saturated heterocycles. The predicted molar refractivity (Wildman–Crippen MR) is 136 cm³/mol. The van der Waals surface area contributed by atoms with Gasteiger partial charge in [-0.05, 0) is 35.1 Å². The van der Waals surface area contributed by atoms with E-state index >= 15 is 0 Å². The smallest absolute Gasteiger partial charge is 0.164 e. The molecule has 3 aromatic carbocycles. The Balaban J connectivity index is 1.56. The first-order valence-electron chi connectivity index (χ1n) is 10.4. The van der Waals surface area contributed by atoms with Crippen LogP contribution in [0.5, 0.6) is 0 Å². The van der Waals surface area contributed by atoms with Gasteiger partial charge in [0.15, 0.2) is 5.17 Å². The van der Waals surface area contributed by atoms with Crippen molar-refractivity contribution < 1.29 is 0 Å². The summed E-state index contributed by atoms with van der Waals surface area (Å²) < 4.78 is 1.90. The van der Waals surface area contributed by atoms with Gasteiger partial charge in [-0.2, -0.15) is 5.10 Å². The third-order valence-corrected chi connectivity index (χ3v) is 5.95. The number of aliphatic imine (C=N–C) groups is 1. The van der Waals surface area contributed by atoms with Crippen molar-refractivity contribution >= 4 is 34.2 Å². The molecule has 4 aromatic rings. The molecular formula is C26H25ClN4S. The van der Waals surface area contributed by atoms with E-state index < -0.39 is 0 Å². The lowest BCUT2D eigenvalue weighted by molar-refractivity contribution is 0.415. The molecule has 1 heterocycles. The Morgan fingerprint density at radius 3 is 2.03 bits per heavy atom. The lowest BCUT2D eigenvalue weighted by atomic mass is 10.2. The van der Waals surface area contributed by atoms with Gasteiger partial charge in [-0.1, -0.05) is 96.2 Å². The number of nitrogens with zero attached hydrogens (tertiary/aromatic N) is 4. The Labute approximate surface area is 198 Å². The van der Waals surface area contributed by atoms with E-state index in [1.54, 1.807) is 11.8 Å². The summed E-state index contributed by atoms with van der Waals surface area (Å²) in [7, 11) is 0. The standard InChI is InChI=1S/C26H25ClN4S/c1-32-26(29-25-16-28-31(20-25)19-23-12-14-24(27)15-13-23)30(17-21-8-4-2-5-9-21)18-22-10-6-3-7-11-22/h2-16,20H,17-19H2,1H3. The van der Waals surface area contributed by atoms with Crippen LogP contribution in [0.4, 0.5) is 5.69 Å². The molecular weight excluding hydrogens is 436 g/mol. The van der Waals surface area contributed by atoms with Gasteiger partial charge in [-0.3, -0.25) is 4.68 Å². The number of hydrogen-bond donors (Lipinski definition) is 0. The van der Waals surface area contributed by atoms with Crippen LogP contribution in [-0.4, -0.2) is 26.1 Å². The maximum atomic E-state index is 5.99.